The summed E-state index contributed by atoms with van der Waals surface area (Å²) in [5, 5.41) is 0. The summed E-state index contributed by atoms with van der Waals surface area (Å²) in [6.07, 6.45) is 2.33. The van der Waals surface area contributed by atoms with Gasteiger partial charge in [-0.3, -0.25) is 0 Å². The normalized spacial score (nSPS) is 9.05. The summed E-state index contributed by atoms with van der Waals surface area (Å²) in [4.78, 5) is 22.9. The Hall–Kier alpha value is -1.62. The number of hydrogen-bond acceptors (Lipinski definition) is 5. The van der Waals surface area contributed by atoms with Crippen molar-refractivity contribution in [3.05, 3.63) is 25.3 Å². The predicted octanol–water partition coefficient (Wildman–Crippen LogP) is 1.79. The third kappa shape index (κ3) is 14.3. The second-order valence-corrected chi connectivity index (χ2v) is 3.35. The standard InChI is InChI=1S/C9H17NO2.C5H8O2/c1-4-9(11)12-8-7-10(5-2)6-3;1-3-5(6)7-4-2/h4H,1,5-8H2,2-3H3;3H,1,4H2,2H3. The van der Waals surface area contributed by atoms with Crippen LogP contribution in [0.4, 0.5) is 0 Å². The van der Waals surface area contributed by atoms with Crippen molar-refractivity contribution in [2.45, 2.75) is 20.8 Å². The SMILES string of the molecule is C=CC(=O)OCC.C=CC(=O)OCCN(CC)CC. The Morgan fingerprint density at radius 1 is 1.00 bits per heavy atom. The highest BCUT2D eigenvalue weighted by Crippen LogP contribution is 1.87. The molecule has 0 aromatic rings. The van der Waals surface area contributed by atoms with Crippen molar-refractivity contribution >= 4 is 11.9 Å². The second-order valence-electron chi connectivity index (χ2n) is 3.35. The molecule has 5 heteroatoms. The molecule has 0 aliphatic heterocycles. The van der Waals surface area contributed by atoms with Crippen molar-refractivity contribution in [1.29, 1.82) is 0 Å². The molecule has 0 aliphatic rings. The van der Waals surface area contributed by atoms with Gasteiger partial charge in [0.15, 0.2) is 0 Å². The molecule has 0 amide bonds. The van der Waals surface area contributed by atoms with Crippen LogP contribution in [-0.4, -0.2) is 49.7 Å². The largest absolute Gasteiger partial charge is 0.463 e. The molecule has 0 radical (unpaired) electrons. The Morgan fingerprint density at radius 3 is 1.79 bits per heavy atom. The number of nitrogens with zero attached hydrogens (tertiary/aromatic N) is 1. The van der Waals surface area contributed by atoms with Crippen molar-refractivity contribution in [2.75, 3.05) is 32.8 Å². The van der Waals surface area contributed by atoms with Gasteiger partial charge in [-0.1, -0.05) is 27.0 Å². The number of likely N-dealkylation sites (N-methyl/N-ethyl adjacent to an activating group) is 1. The van der Waals surface area contributed by atoms with Gasteiger partial charge in [0.05, 0.1) is 6.61 Å². The van der Waals surface area contributed by atoms with E-state index in [4.69, 9.17) is 4.74 Å². The summed E-state index contributed by atoms with van der Waals surface area (Å²) in [5.74, 6) is -0.704. The predicted molar refractivity (Wildman–Crippen MR) is 75.8 cm³/mol. The van der Waals surface area contributed by atoms with Crippen LogP contribution in [0.5, 0.6) is 0 Å². The van der Waals surface area contributed by atoms with Crippen LogP contribution in [0.1, 0.15) is 20.8 Å². The minimum absolute atomic E-state index is 0.345. The van der Waals surface area contributed by atoms with E-state index in [9.17, 15) is 9.59 Å². The van der Waals surface area contributed by atoms with Crippen LogP contribution in [0.25, 0.3) is 0 Å². The van der Waals surface area contributed by atoms with E-state index in [1.165, 1.54) is 6.08 Å². The lowest BCUT2D eigenvalue weighted by atomic mass is 10.5. The Morgan fingerprint density at radius 2 is 1.47 bits per heavy atom. The highest BCUT2D eigenvalue weighted by atomic mass is 16.5. The first-order chi connectivity index (χ1) is 9.05. The van der Waals surface area contributed by atoms with Crippen molar-refractivity contribution in [1.82, 2.24) is 4.90 Å². The molecule has 0 atom stereocenters. The molecule has 0 saturated heterocycles. The molecule has 19 heavy (non-hydrogen) atoms. The molecule has 0 aromatic heterocycles. The van der Waals surface area contributed by atoms with E-state index < -0.39 is 0 Å². The Bertz CT molecular complexity index is 273. The lowest BCUT2D eigenvalue weighted by Crippen LogP contribution is -2.27. The lowest BCUT2D eigenvalue weighted by Gasteiger charge is -2.16. The quantitative estimate of drug-likeness (QED) is 0.497. The van der Waals surface area contributed by atoms with Crippen LogP contribution in [0.15, 0.2) is 25.3 Å². The Balaban J connectivity index is 0. The maximum Gasteiger partial charge on any atom is 0.330 e. The minimum atomic E-state index is -0.359. The number of ether oxygens (including phenoxy) is 2. The average molecular weight is 271 g/mol. The monoisotopic (exact) mass is 271 g/mol. The minimum Gasteiger partial charge on any atom is -0.463 e. The number of rotatable bonds is 8. The molecule has 0 bridgehead atoms. The van der Waals surface area contributed by atoms with Gasteiger partial charge in [0, 0.05) is 18.7 Å². The highest BCUT2D eigenvalue weighted by molar-refractivity contribution is 5.81. The molecular weight excluding hydrogens is 246 g/mol. The van der Waals surface area contributed by atoms with E-state index in [0.29, 0.717) is 13.2 Å². The van der Waals surface area contributed by atoms with Crippen LogP contribution in [-0.2, 0) is 19.1 Å². The van der Waals surface area contributed by atoms with Gasteiger partial charge in [0.2, 0.25) is 0 Å². The molecule has 0 aromatic carbocycles. The summed E-state index contributed by atoms with van der Waals surface area (Å²) < 4.78 is 9.26. The summed E-state index contributed by atoms with van der Waals surface area (Å²) >= 11 is 0. The molecule has 0 saturated carbocycles. The summed E-state index contributed by atoms with van der Waals surface area (Å²) in [6, 6.07) is 0. The first-order valence-electron chi connectivity index (χ1n) is 6.36. The van der Waals surface area contributed by atoms with Crippen LogP contribution in [0, 0.1) is 0 Å². The number of carbonyl (C=O) groups is 2. The summed E-state index contributed by atoms with van der Waals surface area (Å²) in [5.41, 5.74) is 0. The van der Waals surface area contributed by atoms with Crippen molar-refractivity contribution < 1.29 is 19.1 Å². The first kappa shape index (κ1) is 19.7. The number of esters is 2. The van der Waals surface area contributed by atoms with Gasteiger partial charge >= 0.3 is 11.9 Å². The van der Waals surface area contributed by atoms with E-state index in [1.54, 1.807) is 6.92 Å². The fourth-order valence-corrected chi connectivity index (χ4v) is 1.08. The van der Waals surface area contributed by atoms with Crippen LogP contribution in [0.2, 0.25) is 0 Å². The van der Waals surface area contributed by atoms with E-state index in [-0.39, 0.29) is 11.9 Å². The Kier molecular flexibility index (Phi) is 15.0. The number of hydrogen-bond donors (Lipinski definition) is 0. The van der Waals surface area contributed by atoms with Gasteiger partial charge in [-0.15, -0.1) is 0 Å². The summed E-state index contributed by atoms with van der Waals surface area (Å²) in [7, 11) is 0. The van der Waals surface area contributed by atoms with Crippen LogP contribution >= 0.6 is 0 Å². The topological polar surface area (TPSA) is 55.8 Å². The molecule has 5 nitrogen and oxygen atoms in total. The van der Waals surface area contributed by atoms with Gasteiger partial charge in [-0.05, 0) is 20.0 Å². The first-order valence-corrected chi connectivity index (χ1v) is 6.36. The molecule has 0 rings (SSSR count). The van der Waals surface area contributed by atoms with Crippen molar-refractivity contribution in [3.8, 4) is 0 Å². The van der Waals surface area contributed by atoms with Crippen molar-refractivity contribution in [3.63, 3.8) is 0 Å². The Labute approximate surface area is 115 Å². The van der Waals surface area contributed by atoms with Gasteiger partial charge in [-0.25, -0.2) is 9.59 Å². The maximum absolute atomic E-state index is 10.6. The molecule has 0 spiro atoms. The molecule has 0 heterocycles. The maximum atomic E-state index is 10.6. The molecular formula is C14H25NO4. The zero-order chi connectivity index (χ0) is 15.1. The molecule has 0 fully saturated rings. The van der Waals surface area contributed by atoms with Gasteiger partial charge in [0.25, 0.3) is 0 Å². The van der Waals surface area contributed by atoms with Crippen molar-refractivity contribution in [2.24, 2.45) is 0 Å². The van der Waals surface area contributed by atoms with Gasteiger partial charge < -0.3 is 14.4 Å². The fraction of sp³-hybridized carbons (Fsp3) is 0.571. The van der Waals surface area contributed by atoms with Gasteiger partial charge in [0.1, 0.15) is 6.61 Å². The van der Waals surface area contributed by atoms with Crippen LogP contribution < -0.4 is 0 Å². The van der Waals surface area contributed by atoms with E-state index in [1.807, 2.05) is 0 Å². The zero-order valence-electron chi connectivity index (χ0n) is 12.2. The molecule has 0 aliphatic carbocycles. The molecule has 0 unspecified atom stereocenters. The average Bonchev–Trinajstić information content (AvgIpc) is 2.44. The smallest absolute Gasteiger partial charge is 0.330 e. The number of carbonyl (C=O) groups excluding carboxylic acids is 2. The van der Waals surface area contributed by atoms with E-state index >= 15 is 0 Å². The fourth-order valence-electron chi connectivity index (χ4n) is 1.08. The van der Waals surface area contributed by atoms with Gasteiger partial charge in [-0.2, -0.15) is 0 Å². The highest BCUT2D eigenvalue weighted by Gasteiger charge is 1.99. The lowest BCUT2D eigenvalue weighted by molar-refractivity contribution is -0.138. The molecule has 110 valence electrons. The van der Waals surface area contributed by atoms with Crippen LogP contribution in [0.3, 0.4) is 0 Å². The summed E-state index contributed by atoms with van der Waals surface area (Å²) in [6.45, 7) is 16.1. The molecule has 0 N–H and O–H groups in total. The van der Waals surface area contributed by atoms with E-state index in [0.717, 1.165) is 25.7 Å². The zero-order valence-corrected chi connectivity index (χ0v) is 12.2. The van der Waals surface area contributed by atoms with E-state index in [2.05, 4.69) is 36.6 Å². The third-order valence-corrected chi connectivity index (χ3v) is 2.17. The third-order valence-electron chi connectivity index (χ3n) is 2.17. The second kappa shape index (κ2) is 14.4.